The van der Waals surface area contributed by atoms with Crippen LogP contribution in [-0.2, 0) is 16.1 Å². The number of carbonyl (C=O) groups is 2. The maximum atomic E-state index is 11.5. The van der Waals surface area contributed by atoms with E-state index >= 15 is 0 Å². The minimum Gasteiger partial charge on any atom is -0.478 e. The molecule has 0 fully saturated rings. The molecule has 0 saturated heterocycles. The lowest BCUT2D eigenvalue weighted by atomic mass is 10.1. The van der Waals surface area contributed by atoms with Gasteiger partial charge in [0.1, 0.15) is 6.61 Å². The Bertz CT molecular complexity index is 428. The third-order valence-electron chi connectivity index (χ3n) is 2.76. The Hall–Kier alpha value is -1.88. The summed E-state index contributed by atoms with van der Waals surface area (Å²) >= 11 is 0. The summed E-state index contributed by atoms with van der Waals surface area (Å²) in [4.78, 5) is 22.2. The van der Waals surface area contributed by atoms with E-state index in [1.807, 2.05) is 13.8 Å². The predicted molar refractivity (Wildman–Crippen MR) is 71.0 cm³/mol. The van der Waals surface area contributed by atoms with E-state index in [2.05, 4.69) is 5.32 Å². The first-order valence-corrected chi connectivity index (χ1v) is 6.23. The second kappa shape index (κ2) is 7.53. The van der Waals surface area contributed by atoms with E-state index in [-0.39, 0.29) is 24.2 Å². The summed E-state index contributed by atoms with van der Waals surface area (Å²) in [5.41, 5.74) is 1.08. The number of hydrogen-bond acceptors (Lipinski definition) is 3. The van der Waals surface area contributed by atoms with Gasteiger partial charge in [0.25, 0.3) is 0 Å². The van der Waals surface area contributed by atoms with Crippen LogP contribution >= 0.6 is 0 Å². The fourth-order valence-electron chi connectivity index (χ4n) is 1.35. The summed E-state index contributed by atoms with van der Waals surface area (Å²) in [6.07, 6.45) is 0.935. The number of aromatic carboxylic acids is 1. The van der Waals surface area contributed by atoms with Crippen LogP contribution in [0.15, 0.2) is 24.3 Å². The fourth-order valence-corrected chi connectivity index (χ4v) is 1.35. The van der Waals surface area contributed by atoms with Gasteiger partial charge in [0.15, 0.2) is 0 Å². The lowest BCUT2D eigenvalue weighted by Crippen LogP contribution is -2.28. The van der Waals surface area contributed by atoms with Gasteiger partial charge in [-0.05, 0) is 31.0 Å². The standard InChI is InChI=1S/C14H19NO4/c1-3-10(2)19-9-13(16)15-8-11-4-6-12(7-5-11)14(17)18/h4-7,10H,3,8-9H2,1-2H3,(H,15,16)(H,17,18). The molecule has 2 N–H and O–H groups in total. The van der Waals surface area contributed by atoms with Crippen molar-refractivity contribution in [3.05, 3.63) is 35.4 Å². The van der Waals surface area contributed by atoms with Crippen molar-refractivity contribution in [3.8, 4) is 0 Å². The summed E-state index contributed by atoms with van der Waals surface area (Å²) in [7, 11) is 0. The molecule has 5 heteroatoms. The van der Waals surface area contributed by atoms with Crippen molar-refractivity contribution in [2.75, 3.05) is 6.61 Å². The van der Waals surface area contributed by atoms with Crippen molar-refractivity contribution in [1.29, 1.82) is 0 Å². The van der Waals surface area contributed by atoms with Crippen LogP contribution in [0.5, 0.6) is 0 Å². The van der Waals surface area contributed by atoms with Crippen molar-refractivity contribution in [2.45, 2.75) is 32.9 Å². The lowest BCUT2D eigenvalue weighted by Gasteiger charge is -2.10. The molecule has 0 saturated carbocycles. The second-order valence-electron chi connectivity index (χ2n) is 4.31. The highest BCUT2D eigenvalue weighted by atomic mass is 16.5. The number of hydrogen-bond donors (Lipinski definition) is 2. The van der Waals surface area contributed by atoms with E-state index in [1.165, 1.54) is 12.1 Å². The largest absolute Gasteiger partial charge is 0.478 e. The molecule has 1 atom stereocenters. The highest BCUT2D eigenvalue weighted by Crippen LogP contribution is 2.04. The van der Waals surface area contributed by atoms with Gasteiger partial charge in [-0.15, -0.1) is 0 Å². The minimum atomic E-state index is -0.961. The molecule has 0 aromatic heterocycles. The molecule has 0 spiro atoms. The molecule has 19 heavy (non-hydrogen) atoms. The molecule has 1 aromatic rings. The summed E-state index contributed by atoms with van der Waals surface area (Å²) in [6.45, 7) is 4.31. The quantitative estimate of drug-likeness (QED) is 0.788. The van der Waals surface area contributed by atoms with E-state index < -0.39 is 5.97 Å². The van der Waals surface area contributed by atoms with E-state index in [4.69, 9.17) is 9.84 Å². The van der Waals surface area contributed by atoms with E-state index in [0.717, 1.165) is 12.0 Å². The monoisotopic (exact) mass is 265 g/mol. The summed E-state index contributed by atoms with van der Waals surface area (Å²) in [6, 6.07) is 6.39. The summed E-state index contributed by atoms with van der Waals surface area (Å²) < 4.78 is 5.30. The second-order valence-corrected chi connectivity index (χ2v) is 4.31. The Labute approximate surface area is 112 Å². The van der Waals surface area contributed by atoms with Crippen LogP contribution < -0.4 is 5.32 Å². The normalized spacial score (nSPS) is 11.9. The molecule has 0 aliphatic carbocycles. The maximum Gasteiger partial charge on any atom is 0.335 e. The molecule has 0 aliphatic heterocycles. The summed E-state index contributed by atoms with van der Waals surface area (Å²) in [5.74, 6) is -1.14. The van der Waals surface area contributed by atoms with Gasteiger partial charge in [0.2, 0.25) is 5.91 Å². The van der Waals surface area contributed by atoms with Crippen LogP contribution in [0.4, 0.5) is 0 Å². The first-order valence-electron chi connectivity index (χ1n) is 6.23. The van der Waals surface area contributed by atoms with Crippen molar-refractivity contribution in [2.24, 2.45) is 0 Å². The first kappa shape index (κ1) is 15.2. The average Bonchev–Trinajstić information content (AvgIpc) is 2.42. The number of amides is 1. The highest BCUT2D eigenvalue weighted by molar-refractivity contribution is 5.87. The van der Waals surface area contributed by atoms with Crippen molar-refractivity contribution >= 4 is 11.9 Å². The van der Waals surface area contributed by atoms with E-state index in [1.54, 1.807) is 12.1 Å². The number of benzene rings is 1. The molecule has 0 radical (unpaired) electrons. The Balaban J connectivity index is 2.35. The molecular weight excluding hydrogens is 246 g/mol. The smallest absolute Gasteiger partial charge is 0.335 e. The zero-order chi connectivity index (χ0) is 14.3. The summed E-state index contributed by atoms with van der Waals surface area (Å²) in [5, 5.41) is 11.5. The van der Waals surface area contributed by atoms with Gasteiger partial charge in [-0.3, -0.25) is 4.79 Å². The highest BCUT2D eigenvalue weighted by Gasteiger charge is 2.06. The number of carboxylic acid groups (broad SMARTS) is 1. The van der Waals surface area contributed by atoms with Crippen LogP contribution in [0, 0.1) is 0 Å². The Morgan fingerprint density at radius 3 is 2.47 bits per heavy atom. The van der Waals surface area contributed by atoms with Crippen molar-refractivity contribution < 1.29 is 19.4 Å². The van der Waals surface area contributed by atoms with Gasteiger partial charge in [-0.1, -0.05) is 19.1 Å². The third kappa shape index (κ3) is 5.52. The van der Waals surface area contributed by atoms with Gasteiger partial charge < -0.3 is 15.2 Å². The zero-order valence-corrected chi connectivity index (χ0v) is 11.2. The van der Waals surface area contributed by atoms with Gasteiger partial charge in [-0.25, -0.2) is 4.79 Å². The molecule has 1 amide bonds. The average molecular weight is 265 g/mol. The van der Waals surface area contributed by atoms with Gasteiger partial charge in [0.05, 0.1) is 11.7 Å². The van der Waals surface area contributed by atoms with Gasteiger partial charge in [-0.2, -0.15) is 0 Å². The molecule has 1 rings (SSSR count). The molecule has 1 aromatic carbocycles. The number of nitrogens with one attached hydrogen (secondary N) is 1. The molecule has 1 unspecified atom stereocenters. The fraction of sp³-hybridized carbons (Fsp3) is 0.429. The van der Waals surface area contributed by atoms with Crippen LogP contribution in [-0.4, -0.2) is 29.7 Å². The number of carbonyl (C=O) groups excluding carboxylic acids is 1. The van der Waals surface area contributed by atoms with Gasteiger partial charge >= 0.3 is 5.97 Å². The first-order chi connectivity index (χ1) is 9.02. The van der Waals surface area contributed by atoms with Crippen LogP contribution in [0.2, 0.25) is 0 Å². The van der Waals surface area contributed by atoms with Crippen LogP contribution in [0.3, 0.4) is 0 Å². The van der Waals surface area contributed by atoms with E-state index in [0.29, 0.717) is 6.54 Å². The van der Waals surface area contributed by atoms with Crippen molar-refractivity contribution in [1.82, 2.24) is 5.32 Å². The van der Waals surface area contributed by atoms with Gasteiger partial charge in [0, 0.05) is 6.54 Å². The Morgan fingerprint density at radius 1 is 1.32 bits per heavy atom. The third-order valence-corrected chi connectivity index (χ3v) is 2.76. The Kier molecular flexibility index (Phi) is 6.02. The molecule has 0 bridgehead atoms. The molecule has 0 heterocycles. The van der Waals surface area contributed by atoms with E-state index in [9.17, 15) is 9.59 Å². The van der Waals surface area contributed by atoms with Crippen molar-refractivity contribution in [3.63, 3.8) is 0 Å². The number of carboxylic acids is 1. The predicted octanol–water partition coefficient (Wildman–Crippen LogP) is 1.82. The minimum absolute atomic E-state index is 0.0439. The lowest BCUT2D eigenvalue weighted by molar-refractivity contribution is -0.127. The SMILES string of the molecule is CCC(C)OCC(=O)NCc1ccc(C(=O)O)cc1. The topological polar surface area (TPSA) is 75.6 Å². The number of rotatable bonds is 7. The van der Waals surface area contributed by atoms with Crippen LogP contribution in [0.25, 0.3) is 0 Å². The maximum absolute atomic E-state index is 11.5. The molecule has 104 valence electrons. The Morgan fingerprint density at radius 2 is 1.95 bits per heavy atom. The molecular formula is C14H19NO4. The molecule has 0 aliphatic rings. The number of ether oxygens (including phenoxy) is 1. The zero-order valence-electron chi connectivity index (χ0n) is 11.2. The van der Waals surface area contributed by atoms with Crippen LogP contribution in [0.1, 0.15) is 36.2 Å². The molecule has 5 nitrogen and oxygen atoms in total.